The van der Waals surface area contributed by atoms with E-state index in [0.29, 0.717) is 18.7 Å². The van der Waals surface area contributed by atoms with Gasteiger partial charge in [-0.25, -0.2) is 4.39 Å². The van der Waals surface area contributed by atoms with Gasteiger partial charge in [0, 0.05) is 30.0 Å². The number of aliphatic carboxylic acids is 1. The molecule has 0 saturated heterocycles. The predicted molar refractivity (Wildman–Crippen MR) is 80.8 cm³/mol. The molecule has 6 heteroatoms. The van der Waals surface area contributed by atoms with Crippen LogP contribution in [0, 0.1) is 11.7 Å². The third-order valence-corrected chi connectivity index (χ3v) is 4.05. The highest BCUT2D eigenvalue weighted by atomic mass is 32.2. The van der Waals surface area contributed by atoms with Gasteiger partial charge < -0.3 is 10.4 Å². The average Bonchev–Trinajstić information content (AvgIpc) is 2.45. The molecule has 0 saturated carbocycles. The lowest BCUT2D eigenvalue weighted by atomic mass is 10.0. The van der Waals surface area contributed by atoms with E-state index in [1.54, 1.807) is 12.1 Å². The van der Waals surface area contributed by atoms with Crippen molar-refractivity contribution in [2.45, 2.75) is 31.1 Å². The van der Waals surface area contributed by atoms with Gasteiger partial charge in [-0.3, -0.25) is 9.59 Å². The Hall–Kier alpha value is -1.56. The van der Waals surface area contributed by atoms with Crippen molar-refractivity contribution in [1.82, 2.24) is 5.32 Å². The fourth-order valence-corrected chi connectivity index (χ4v) is 2.60. The molecule has 1 unspecified atom stereocenters. The van der Waals surface area contributed by atoms with E-state index in [4.69, 9.17) is 5.11 Å². The van der Waals surface area contributed by atoms with Crippen LogP contribution >= 0.6 is 11.8 Å². The molecule has 0 aliphatic rings. The van der Waals surface area contributed by atoms with Gasteiger partial charge in [0.25, 0.3) is 0 Å². The van der Waals surface area contributed by atoms with E-state index < -0.39 is 5.97 Å². The van der Waals surface area contributed by atoms with E-state index in [2.05, 4.69) is 5.32 Å². The number of amides is 1. The van der Waals surface area contributed by atoms with Crippen molar-refractivity contribution in [3.8, 4) is 0 Å². The van der Waals surface area contributed by atoms with Gasteiger partial charge in [0.2, 0.25) is 5.91 Å². The third-order valence-electron chi connectivity index (χ3n) is 3.04. The smallest absolute Gasteiger partial charge is 0.303 e. The van der Waals surface area contributed by atoms with Crippen molar-refractivity contribution >= 4 is 23.6 Å². The summed E-state index contributed by atoms with van der Waals surface area (Å²) < 4.78 is 12.7. The second-order valence-electron chi connectivity index (χ2n) is 4.73. The molecule has 0 fully saturated rings. The van der Waals surface area contributed by atoms with Gasteiger partial charge >= 0.3 is 5.97 Å². The van der Waals surface area contributed by atoms with Crippen LogP contribution in [0.3, 0.4) is 0 Å². The number of carboxylic acids is 1. The quantitative estimate of drug-likeness (QED) is 0.688. The van der Waals surface area contributed by atoms with Crippen molar-refractivity contribution in [1.29, 1.82) is 0 Å². The van der Waals surface area contributed by atoms with Crippen LogP contribution in [0.5, 0.6) is 0 Å². The van der Waals surface area contributed by atoms with Crippen molar-refractivity contribution in [2.75, 3.05) is 12.3 Å². The SMILES string of the molecule is CCC(CNC(=O)CCSc1ccc(F)cc1)CC(=O)O. The number of hydrogen-bond acceptors (Lipinski definition) is 3. The van der Waals surface area contributed by atoms with E-state index >= 15 is 0 Å². The first-order valence-corrected chi connectivity index (χ1v) is 7.86. The highest BCUT2D eigenvalue weighted by molar-refractivity contribution is 7.99. The van der Waals surface area contributed by atoms with Gasteiger partial charge in [-0.1, -0.05) is 13.3 Å². The Morgan fingerprint density at radius 1 is 1.33 bits per heavy atom. The Balaban J connectivity index is 2.21. The number of benzene rings is 1. The number of thioether (sulfide) groups is 1. The Morgan fingerprint density at radius 3 is 2.57 bits per heavy atom. The van der Waals surface area contributed by atoms with E-state index in [1.807, 2.05) is 6.92 Å². The van der Waals surface area contributed by atoms with Crippen LogP contribution in [0.2, 0.25) is 0 Å². The average molecular weight is 313 g/mol. The summed E-state index contributed by atoms with van der Waals surface area (Å²) in [5.74, 6) is -0.638. The van der Waals surface area contributed by atoms with Crippen molar-refractivity contribution in [3.05, 3.63) is 30.1 Å². The molecule has 1 aromatic rings. The third kappa shape index (κ3) is 7.70. The second kappa shape index (κ2) is 9.39. The lowest BCUT2D eigenvalue weighted by Crippen LogP contribution is -2.30. The molecule has 0 bridgehead atoms. The largest absolute Gasteiger partial charge is 0.481 e. The van der Waals surface area contributed by atoms with Gasteiger partial charge in [0.1, 0.15) is 5.82 Å². The molecule has 0 spiro atoms. The molecule has 4 nitrogen and oxygen atoms in total. The first-order chi connectivity index (χ1) is 10.0. The molecule has 0 aliphatic carbocycles. The fourth-order valence-electron chi connectivity index (χ4n) is 1.75. The number of nitrogens with one attached hydrogen (secondary N) is 1. The van der Waals surface area contributed by atoms with E-state index in [0.717, 1.165) is 11.3 Å². The molecule has 1 amide bonds. The minimum absolute atomic E-state index is 0.0313. The molecule has 116 valence electrons. The summed E-state index contributed by atoms with van der Waals surface area (Å²) in [5, 5.41) is 11.5. The van der Waals surface area contributed by atoms with Crippen molar-refractivity contribution in [2.24, 2.45) is 5.92 Å². The van der Waals surface area contributed by atoms with Crippen LogP contribution in [0.4, 0.5) is 4.39 Å². The standard InChI is InChI=1S/C15H20FNO3S/c1-2-11(9-15(19)20)10-17-14(18)7-8-21-13-5-3-12(16)4-6-13/h3-6,11H,2,7-10H2,1H3,(H,17,18)(H,19,20). The van der Waals surface area contributed by atoms with Gasteiger partial charge in [-0.2, -0.15) is 0 Å². The summed E-state index contributed by atoms with van der Waals surface area (Å²) in [5.41, 5.74) is 0. The highest BCUT2D eigenvalue weighted by Crippen LogP contribution is 2.18. The predicted octanol–water partition coefficient (Wildman–Crippen LogP) is 2.93. The molecule has 0 aliphatic heterocycles. The number of carboxylic acid groups (broad SMARTS) is 1. The molecule has 21 heavy (non-hydrogen) atoms. The fraction of sp³-hybridized carbons (Fsp3) is 0.467. The highest BCUT2D eigenvalue weighted by Gasteiger charge is 2.12. The summed E-state index contributed by atoms with van der Waals surface area (Å²) in [4.78, 5) is 23.2. The van der Waals surface area contributed by atoms with Crippen LogP contribution in [0.15, 0.2) is 29.2 Å². The molecular formula is C15H20FNO3S. The maximum atomic E-state index is 12.7. The minimum atomic E-state index is -0.844. The zero-order chi connectivity index (χ0) is 15.7. The lowest BCUT2D eigenvalue weighted by molar-refractivity contribution is -0.138. The molecule has 0 heterocycles. The van der Waals surface area contributed by atoms with Crippen LogP contribution in [-0.2, 0) is 9.59 Å². The maximum absolute atomic E-state index is 12.7. The topological polar surface area (TPSA) is 66.4 Å². The van der Waals surface area contributed by atoms with Crippen LogP contribution in [0.25, 0.3) is 0 Å². The van der Waals surface area contributed by atoms with E-state index in [9.17, 15) is 14.0 Å². The Bertz CT molecular complexity index is 464. The normalized spacial score (nSPS) is 11.9. The lowest BCUT2D eigenvalue weighted by Gasteiger charge is -2.13. The Kier molecular flexibility index (Phi) is 7.82. The number of carbonyl (C=O) groups is 2. The van der Waals surface area contributed by atoms with Gasteiger partial charge in [-0.05, 0) is 30.2 Å². The van der Waals surface area contributed by atoms with Gasteiger partial charge in [0.15, 0.2) is 0 Å². The summed E-state index contributed by atoms with van der Waals surface area (Å²) >= 11 is 1.49. The molecule has 0 aromatic heterocycles. The molecule has 1 aromatic carbocycles. The van der Waals surface area contributed by atoms with Gasteiger partial charge in [-0.15, -0.1) is 11.8 Å². The van der Waals surface area contributed by atoms with E-state index in [-0.39, 0.29) is 24.1 Å². The van der Waals surface area contributed by atoms with Crippen molar-refractivity contribution in [3.63, 3.8) is 0 Å². The van der Waals surface area contributed by atoms with Crippen molar-refractivity contribution < 1.29 is 19.1 Å². The zero-order valence-electron chi connectivity index (χ0n) is 12.0. The summed E-state index contributed by atoms with van der Waals surface area (Å²) in [7, 11) is 0. The minimum Gasteiger partial charge on any atom is -0.481 e. The summed E-state index contributed by atoms with van der Waals surface area (Å²) in [6.45, 7) is 2.30. The maximum Gasteiger partial charge on any atom is 0.303 e. The molecule has 0 radical (unpaired) electrons. The number of rotatable bonds is 9. The molecule has 1 rings (SSSR count). The molecule has 2 N–H and O–H groups in total. The van der Waals surface area contributed by atoms with E-state index in [1.165, 1.54) is 23.9 Å². The summed E-state index contributed by atoms with van der Waals surface area (Å²) in [6, 6.07) is 6.13. The first-order valence-electron chi connectivity index (χ1n) is 6.88. The Morgan fingerprint density at radius 2 is 2.00 bits per heavy atom. The monoisotopic (exact) mass is 313 g/mol. The Labute approximate surface area is 128 Å². The number of hydrogen-bond donors (Lipinski definition) is 2. The van der Waals surface area contributed by atoms with Gasteiger partial charge in [0.05, 0.1) is 0 Å². The zero-order valence-corrected chi connectivity index (χ0v) is 12.8. The first kappa shape index (κ1) is 17.5. The van der Waals surface area contributed by atoms with Crippen LogP contribution in [-0.4, -0.2) is 29.3 Å². The molecule has 1 atom stereocenters. The number of carbonyl (C=O) groups excluding carboxylic acids is 1. The van der Waals surface area contributed by atoms with Crippen LogP contribution < -0.4 is 5.32 Å². The van der Waals surface area contributed by atoms with Crippen LogP contribution in [0.1, 0.15) is 26.2 Å². The second-order valence-corrected chi connectivity index (χ2v) is 5.90. The summed E-state index contributed by atoms with van der Waals surface area (Å²) in [6.07, 6.45) is 1.14. The number of halogens is 1. The molecular weight excluding hydrogens is 293 g/mol.